The molecule has 0 saturated carbocycles. The molecule has 5 N–H and O–H groups in total. The normalized spacial score (nSPS) is 9.75. The molecule has 0 radical (unpaired) electrons. The highest BCUT2D eigenvalue weighted by molar-refractivity contribution is 5.86. The number of hydrogen-bond acceptors (Lipinski definition) is 7. The standard InChI is InChI=1S/C10H11N5O.C4H10.C2H5NO/c1-12-7-4-2-3-5-8(7)13-6-9-10(11)15-16-14-9;1-4(2)3;1-2(3)4/h2-6,12H,1H3,(H2,11,15);4H,1-3H3;1H3,(H2,3,4). The van der Waals surface area contributed by atoms with Crippen LogP contribution in [0.25, 0.3) is 0 Å². The number of nitrogens with one attached hydrogen (secondary N) is 1. The van der Waals surface area contributed by atoms with Gasteiger partial charge in [-0.2, -0.15) is 0 Å². The average molecular weight is 334 g/mol. The molecule has 0 bridgehead atoms. The molecule has 0 aliphatic rings. The average Bonchev–Trinajstić information content (AvgIpc) is 2.89. The lowest BCUT2D eigenvalue weighted by Gasteiger charge is -2.02. The van der Waals surface area contributed by atoms with Crippen LogP contribution in [0.4, 0.5) is 17.2 Å². The maximum atomic E-state index is 9.22. The second kappa shape index (κ2) is 11.6. The first-order chi connectivity index (χ1) is 11.3. The van der Waals surface area contributed by atoms with Gasteiger partial charge in [-0.25, -0.2) is 4.63 Å². The van der Waals surface area contributed by atoms with Crippen LogP contribution in [0.3, 0.4) is 0 Å². The SMILES string of the molecule is CC(C)C.CC(N)=O.CNc1ccccc1N=Cc1nonc1N. The molecule has 2 rings (SSSR count). The molecule has 24 heavy (non-hydrogen) atoms. The fourth-order valence-electron chi connectivity index (χ4n) is 1.22. The van der Waals surface area contributed by atoms with E-state index >= 15 is 0 Å². The van der Waals surface area contributed by atoms with Crippen molar-refractivity contribution >= 4 is 29.3 Å². The lowest BCUT2D eigenvalue weighted by Crippen LogP contribution is -2.01. The third-order valence-corrected chi connectivity index (χ3v) is 2.04. The van der Waals surface area contributed by atoms with Crippen molar-refractivity contribution in [1.29, 1.82) is 0 Å². The van der Waals surface area contributed by atoms with Gasteiger partial charge in [0.05, 0.1) is 17.6 Å². The van der Waals surface area contributed by atoms with Gasteiger partial charge >= 0.3 is 0 Å². The van der Waals surface area contributed by atoms with Gasteiger partial charge in [0.2, 0.25) is 5.91 Å². The molecule has 1 aromatic heterocycles. The second-order valence-electron chi connectivity index (χ2n) is 5.40. The Morgan fingerprint density at radius 3 is 2.29 bits per heavy atom. The second-order valence-corrected chi connectivity index (χ2v) is 5.40. The quantitative estimate of drug-likeness (QED) is 0.739. The van der Waals surface area contributed by atoms with Crippen LogP contribution < -0.4 is 16.8 Å². The Kier molecular flexibility index (Phi) is 10.2. The number of primary amides is 1. The predicted molar refractivity (Wildman–Crippen MR) is 97.3 cm³/mol. The molecule has 0 unspecified atom stereocenters. The molecule has 8 heteroatoms. The maximum Gasteiger partial charge on any atom is 0.214 e. The van der Waals surface area contributed by atoms with Crippen molar-refractivity contribution in [3.05, 3.63) is 30.0 Å². The van der Waals surface area contributed by atoms with Crippen LogP contribution in [0.1, 0.15) is 33.4 Å². The molecule has 0 fully saturated rings. The minimum atomic E-state index is -0.333. The van der Waals surface area contributed by atoms with E-state index in [1.54, 1.807) is 0 Å². The number of nitrogens with zero attached hydrogens (tertiary/aromatic N) is 3. The highest BCUT2D eigenvalue weighted by atomic mass is 16.6. The smallest absolute Gasteiger partial charge is 0.214 e. The fourth-order valence-corrected chi connectivity index (χ4v) is 1.22. The van der Waals surface area contributed by atoms with E-state index in [2.05, 4.69) is 51.8 Å². The summed E-state index contributed by atoms with van der Waals surface area (Å²) in [4.78, 5) is 13.5. The highest BCUT2D eigenvalue weighted by Gasteiger charge is 2.02. The van der Waals surface area contributed by atoms with E-state index in [4.69, 9.17) is 5.73 Å². The number of para-hydroxylation sites is 2. The molecule has 1 aromatic carbocycles. The van der Waals surface area contributed by atoms with Gasteiger partial charge in [-0.1, -0.05) is 32.9 Å². The molecular formula is C16H26N6O2. The molecule has 0 aliphatic carbocycles. The Morgan fingerprint density at radius 2 is 1.83 bits per heavy atom. The van der Waals surface area contributed by atoms with E-state index < -0.39 is 0 Å². The van der Waals surface area contributed by atoms with Crippen LogP contribution >= 0.6 is 0 Å². The molecule has 0 saturated heterocycles. The summed E-state index contributed by atoms with van der Waals surface area (Å²) in [6.07, 6.45) is 1.52. The van der Waals surface area contributed by atoms with Crippen LogP contribution in [0.5, 0.6) is 0 Å². The van der Waals surface area contributed by atoms with Crippen LogP contribution in [0.2, 0.25) is 0 Å². The summed E-state index contributed by atoms with van der Waals surface area (Å²) in [6.45, 7) is 7.81. The minimum absolute atomic E-state index is 0.227. The van der Waals surface area contributed by atoms with Gasteiger partial charge in [0.1, 0.15) is 0 Å². The van der Waals surface area contributed by atoms with E-state index in [1.165, 1.54) is 13.1 Å². The maximum absolute atomic E-state index is 9.22. The number of carbonyl (C=O) groups is 1. The molecule has 2 aromatic rings. The van der Waals surface area contributed by atoms with Crippen molar-refractivity contribution in [3.63, 3.8) is 0 Å². The third kappa shape index (κ3) is 9.93. The zero-order chi connectivity index (χ0) is 18.5. The molecule has 0 aliphatic heterocycles. The Hall–Kier alpha value is -2.90. The monoisotopic (exact) mass is 334 g/mol. The minimum Gasteiger partial charge on any atom is -0.386 e. The van der Waals surface area contributed by atoms with Crippen molar-refractivity contribution < 1.29 is 9.42 Å². The largest absolute Gasteiger partial charge is 0.386 e. The number of carbonyl (C=O) groups excluding carboxylic acids is 1. The summed E-state index contributed by atoms with van der Waals surface area (Å²) < 4.78 is 4.46. The van der Waals surface area contributed by atoms with E-state index in [0.717, 1.165) is 17.3 Å². The van der Waals surface area contributed by atoms with Crippen molar-refractivity contribution in [2.45, 2.75) is 27.7 Å². The van der Waals surface area contributed by atoms with E-state index in [-0.39, 0.29) is 11.7 Å². The summed E-state index contributed by atoms with van der Waals surface area (Å²) in [7, 11) is 1.83. The number of nitrogen functional groups attached to an aromatic ring is 1. The molecule has 1 heterocycles. The third-order valence-electron chi connectivity index (χ3n) is 2.04. The van der Waals surface area contributed by atoms with Crippen molar-refractivity contribution in [3.8, 4) is 0 Å². The number of nitrogens with two attached hydrogens (primary N) is 2. The Bertz CT molecular complexity index is 630. The zero-order valence-corrected chi connectivity index (χ0v) is 14.8. The number of aromatic nitrogens is 2. The number of benzene rings is 1. The van der Waals surface area contributed by atoms with Crippen molar-refractivity contribution in [2.75, 3.05) is 18.1 Å². The van der Waals surface area contributed by atoms with Crippen LogP contribution in [-0.4, -0.2) is 29.5 Å². The first-order valence-electron chi connectivity index (χ1n) is 7.42. The first-order valence-corrected chi connectivity index (χ1v) is 7.42. The summed E-state index contributed by atoms with van der Waals surface area (Å²) in [5.74, 6) is 0.727. The summed E-state index contributed by atoms with van der Waals surface area (Å²) in [6, 6.07) is 7.64. The number of aliphatic imine (C=N–C) groups is 1. The van der Waals surface area contributed by atoms with Crippen molar-refractivity contribution in [1.82, 2.24) is 10.3 Å². The Morgan fingerprint density at radius 1 is 1.29 bits per heavy atom. The van der Waals surface area contributed by atoms with Crippen LogP contribution in [0, 0.1) is 5.92 Å². The van der Waals surface area contributed by atoms with Gasteiger partial charge in [-0.15, -0.1) is 0 Å². The van der Waals surface area contributed by atoms with E-state index in [0.29, 0.717) is 5.69 Å². The lowest BCUT2D eigenvalue weighted by molar-refractivity contribution is -0.115. The fraction of sp³-hybridized carbons (Fsp3) is 0.375. The Balaban J connectivity index is 0.000000558. The van der Waals surface area contributed by atoms with Gasteiger partial charge in [0, 0.05) is 14.0 Å². The number of amides is 1. The van der Waals surface area contributed by atoms with Gasteiger partial charge in [-0.05, 0) is 28.4 Å². The molecule has 1 amide bonds. The molecule has 0 atom stereocenters. The zero-order valence-electron chi connectivity index (χ0n) is 14.8. The molecule has 8 nitrogen and oxygen atoms in total. The first kappa shape index (κ1) is 21.1. The van der Waals surface area contributed by atoms with Gasteiger partial charge in [0.15, 0.2) is 11.5 Å². The van der Waals surface area contributed by atoms with Crippen molar-refractivity contribution in [2.24, 2.45) is 16.6 Å². The van der Waals surface area contributed by atoms with Gasteiger partial charge < -0.3 is 16.8 Å². The topological polar surface area (TPSA) is 132 Å². The highest BCUT2D eigenvalue weighted by Crippen LogP contribution is 2.23. The number of anilines is 2. The summed E-state index contributed by atoms with van der Waals surface area (Å²) in [5.41, 5.74) is 12.1. The van der Waals surface area contributed by atoms with E-state index in [1.807, 2.05) is 31.3 Å². The molecule has 132 valence electrons. The predicted octanol–water partition coefficient (Wildman–Crippen LogP) is 2.60. The summed E-state index contributed by atoms with van der Waals surface area (Å²) in [5, 5.41) is 10.1. The lowest BCUT2D eigenvalue weighted by atomic mass is 10.3. The number of hydrogen-bond donors (Lipinski definition) is 3. The van der Waals surface area contributed by atoms with Gasteiger partial charge in [0.25, 0.3) is 0 Å². The van der Waals surface area contributed by atoms with E-state index in [9.17, 15) is 4.79 Å². The molecular weight excluding hydrogens is 308 g/mol. The van der Waals surface area contributed by atoms with Gasteiger partial charge in [-0.3, -0.25) is 9.79 Å². The Labute approximate surface area is 142 Å². The number of rotatable bonds is 3. The van der Waals surface area contributed by atoms with Crippen LogP contribution in [0.15, 0.2) is 33.9 Å². The summed E-state index contributed by atoms with van der Waals surface area (Å²) >= 11 is 0. The van der Waals surface area contributed by atoms with Crippen LogP contribution in [-0.2, 0) is 4.79 Å². The molecule has 0 spiro atoms.